The highest BCUT2D eigenvalue weighted by Gasteiger charge is 2.27. The van der Waals surface area contributed by atoms with Gasteiger partial charge in [0.1, 0.15) is 23.9 Å². The average molecular weight is 372 g/mol. The van der Waals surface area contributed by atoms with Crippen molar-refractivity contribution in [2.24, 2.45) is 0 Å². The Bertz CT molecular complexity index is 1070. The standard InChI is InChI=1S/C24H17FO3/c25-19-10-4-8-18(14-19)15-23-24(26)21-12-11-20(16-22(21)28-23)27-13-5-9-17-6-2-1-3-7-17/h1-12,14-16H,13H2. The number of fused-ring (bicyclic) bond motifs is 1. The first kappa shape index (κ1) is 17.7. The molecule has 1 aliphatic heterocycles. The Hall–Kier alpha value is -3.66. The summed E-state index contributed by atoms with van der Waals surface area (Å²) in [5.41, 5.74) is 2.13. The van der Waals surface area contributed by atoms with Crippen LogP contribution in [0, 0.1) is 5.82 Å². The van der Waals surface area contributed by atoms with Crippen LogP contribution >= 0.6 is 0 Å². The van der Waals surface area contributed by atoms with Crippen molar-refractivity contribution in [2.75, 3.05) is 6.61 Å². The summed E-state index contributed by atoms with van der Waals surface area (Å²) < 4.78 is 24.7. The van der Waals surface area contributed by atoms with Crippen LogP contribution in [0.4, 0.5) is 4.39 Å². The number of rotatable bonds is 5. The van der Waals surface area contributed by atoms with Gasteiger partial charge in [0.2, 0.25) is 5.78 Å². The highest BCUT2D eigenvalue weighted by molar-refractivity contribution is 6.14. The first-order valence-electron chi connectivity index (χ1n) is 8.87. The van der Waals surface area contributed by atoms with E-state index in [0.717, 1.165) is 5.56 Å². The molecular formula is C24H17FO3. The molecule has 0 unspecified atom stereocenters. The second-order valence-corrected chi connectivity index (χ2v) is 6.28. The van der Waals surface area contributed by atoms with E-state index in [2.05, 4.69) is 0 Å². The number of allylic oxidation sites excluding steroid dienone is 1. The SMILES string of the molecule is O=C1C(=Cc2cccc(F)c2)Oc2cc(OCC=Cc3ccccc3)ccc21. The van der Waals surface area contributed by atoms with Gasteiger partial charge in [-0.25, -0.2) is 4.39 Å². The number of hydrogen-bond donors (Lipinski definition) is 0. The number of ketones is 1. The summed E-state index contributed by atoms with van der Waals surface area (Å²) in [5, 5.41) is 0. The molecule has 1 heterocycles. The number of carbonyl (C=O) groups excluding carboxylic acids is 1. The van der Waals surface area contributed by atoms with Crippen LogP contribution in [0.3, 0.4) is 0 Å². The molecule has 0 radical (unpaired) electrons. The van der Waals surface area contributed by atoms with Crippen molar-refractivity contribution in [1.82, 2.24) is 0 Å². The van der Waals surface area contributed by atoms with E-state index in [-0.39, 0.29) is 17.4 Å². The topological polar surface area (TPSA) is 35.5 Å². The minimum Gasteiger partial charge on any atom is -0.489 e. The van der Waals surface area contributed by atoms with Crippen molar-refractivity contribution in [3.05, 3.63) is 107 Å². The molecule has 0 bridgehead atoms. The molecule has 0 N–H and O–H groups in total. The molecule has 3 aromatic carbocycles. The molecule has 28 heavy (non-hydrogen) atoms. The maximum atomic E-state index is 13.3. The summed E-state index contributed by atoms with van der Waals surface area (Å²) >= 11 is 0. The number of halogens is 1. The fraction of sp³-hybridized carbons (Fsp3) is 0.0417. The van der Waals surface area contributed by atoms with Gasteiger partial charge >= 0.3 is 0 Å². The van der Waals surface area contributed by atoms with E-state index in [4.69, 9.17) is 9.47 Å². The fourth-order valence-corrected chi connectivity index (χ4v) is 2.90. The first-order valence-corrected chi connectivity index (χ1v) is 8.87. The van der Waals surface area contributed by atoms with Crippen molar-refractivity contribution in [3.8, 4) is 11.5 Å². The maximum Gasteiger partial charge on any atom is 0.231 e. The van der Waals surface area contributed by atoms with E-state index < -0.39 is 0 Å². The Balaban J connectivity index is 1.44. The minimum absolute atomic E-state index is 0.168. The third-order valence-electron chi connectivity index (χ3n) is 4.24. The van der Waals surface area contributed by atoms with Crippen LogP contribution in [0.1, 0.15) is 21.5 Å². The Morgan fingerprint density at radius 2 is 1.75 bits per heavy atom. The largest absolute Gasteiger partial charge is 0.489 e. The number of Topliss-reactive ketones (excluding diaryl/α,β-unsaturated/α-hetero) is 1. The number of benzene rings is 3. The second kappa shape index (κ2) is 7.92. The van der Waals surface area contributed by atoms with Gasteiger partial charge in [-0.3, -0.25) is 4.79 Å². The van der Waals surface area contributed by atoms with Gasteiger partial charge in [-0.05, 0) is 47.5 Å². The Labute approximate surface area is 162 Å². The molecule has 0 aliphatic carbocycles. The fourth-order valence-electron chi connectivity index (χ4n) is 2.90. The molecular weight excluding hydrogens is 355 g/mol. The summed E-state index contributed by atoms with van der Waals surface area (Å²) in [5.74, 6) is 0.626. The monoisotopic (exact) mass is 372 g/mol. The predicted molar refractivity (Wildman–Crippen MR) is 107 cm³/mol. The Kier molecular flexibility index (Phi) is 5.02. The van der Waals surface area contributed by atoms with E-state index >= 15 is 0 Å². The van der Waals surface area contributed by atoms with Crippen LogP contribution in [0.2, 0.25) is 0 Å². The number of ether oxygens (including phenoxy) is 2. The molecule has 0 amide bonds. The van der Waals surface area contributed by atoms with Gasteiger partial charge in [-0.1, -0.05) is 48.5 Å². The molecule has 0 saturated heterocycles. The van der Waals surface area contributed by atoms with Gasteiger partial charge in [0, 0.05) is 6.07 Å². The third kappa shape index (κ3) is 4.01. The molecule has 138 valence electrons. The lowest BCUT2D eigenvalue weighted by Crippen LogP contribution is -1.98. The highest BCUT2D eigenvalue weighted by Crippen LogP contribution is 2.34. The molecule has 0 spiro atoms. The summed E-state index contributed by atoms with van der Waals surface area (Å²) in [6.45, 7) is 0.396. The normalized spacial score (nSPS) is 14.3. The van der Waals surface area contributed by atoms with Gasteiger partial charge in [0.15, 0.2) is 5.76 Å². The lowest BCUT2D eigenvalue weighted by atomic mass is 10.1. The molecule has 3 aromatic rings. The van der Waals surface area contributed by atoms with Crippen LogP contribution in [-0.4, -0.2) is 12.4 Å². The van der Waals surface area contributed by atoms with Crippen molar-refractivity contribution in [3.63, 3.8) is 0 Å². The van der Waals surface area contributed by atoms with Crippen molar-refractivity contribution < 1.29 is 18.7 Å². The molecule has 4 rings (SSSR count). The molecule has 0 saturated carbocycles. The Morgan fingerprint density at radius 1 is 0.929 bits per heavy atom. The summed E-state index contributed by atoms with van der Waals surface area (Å²) in [6.07, 6.45) is 5.44. The Morgan fingerprint density at radius 3 is 2.57 bits per heavy atom. The van der Waals surface area contributed by atoms with Gasteiger partial charge in [0.05, 0.1) is 5.56 Å². The average Bonchev–Trinajstić information content (AvgIpc) is 3.01. The molecule has 0 aromatic heterocycles. The quantitative estimate of drug-likeness (QED) is 0.552. The zero-order valence-corrected chi connectivity index (χ0v) is 15.0. The van der Waals surface area contributed by atoms with Gasteiger partial charge in [-0.2, -0.15) is 0 Å². The third-order valence-corrected chi connectivity index (χ3v) is 4.24. The lowest BCUT2D eigenvalue weighted by Gasteiger charge is -2.04. The molecule has 3 nitrogen and oxygen atoms in total. The smallest absolute Gasteiger partial charge is 0.231 e. The van der Waals surface area contributed by atoms with Crippen LogP contribution in [0.25, 0.3) is 12.2 Å². The van der Waals surface area contributed by atoms with Crippen molar-refractivity contribution in [2.45, 2.75) is 0 Å². The number of hydrogen-bond acceptors (Lipinski definition) is 3. The molecule has 4 heteroatoms. The zero-order chi connectivity index (χ0) is 19.3. The van der Waals surface area contributed by atoms with Gasteiger partial charge in [0.25, 0.3) is 0 Å². The number of carbonyl (C=O) groups is 1. The van der Waals surface area contributed by atoms with Crippen LogP contribution in [0.5, 0.6) is 11.5 Å². The van der Waals surface area contributed by atoms with Crippen LogP contribution in [0.15, 0.2) is 84.6 Å². The predicted octanol–water partition coefficient (Wildman–Crippen LogP) is 5.53. The summed E-state index contributed by atoms with van der Waals surface area (Å²) in [6, 6.07) is 21.1. The van der Waals surface area contributed by atoms with E-state index in [1.165, 1.54) is 18.2 Å². The second-order valence-electron chi connectivity index (χ2n) is 6.28. The van der Waals surface area contributed by atoms with Crippen LogP contribution < -0.4 is 9.47 Å². The molecule has 1 aliphatic rings. The van der Waals surface area contributed by atoms with Gasteiger partial charge < -0.3 is 9.47 Å². The first-order chi connectivity index (χ1) is 13.7. The van der Waals surface area contributed by atoms with Gasteiger partial charge in [-0.15, -0.1) is 0 Å². The van der Waals surface area contributed by atoms with E-state index in [1.54, 1.807) is 30.3 Å². The van der Waals surface area contributed by atoms with Crippen molar-refractivity contribution >= 4 is 17.9 Å². The van der Waals surface area contributed by atoms with Crippen LogP contribution in [-0.2, 0) is 0 Å². The van der Waals surface area contributed by atoms with E-state index in [0.29, 0.717) is 29.2 Å². The van der Waals surface area contributed by atoms with E-state index in [9.17, 15) is 9.18 Å². The molecule has 0 atom stereocenters. The zero-order valence-electron chi connectivity index (χ0n) is 15.0. The van der Waals surface area contributed by atoms with Crippen molar-refractivity contribution in [1.29, 1.82) is 0 Å². The summed E-state index contributed by atoms with van der Waals surface area (Å²) in [7, 11) is 0. The molecule has 0 fully saturated rings. The highest BCUT2D eigenvalue weighted by atomic mass is 19.1. The lowest BCUT2D eigenvalue weighted by molar-refractivity contribution is 0.101. The van der Waals surface area contributed by atoms with E-state index in [1.807, 2.05) is 42.5 Å². The maximum absolute atomic E-state index is 13.3. The minimum atomic E-state index is -0.364. The summed E-state index contributed by atoms with van der Waals surface area (Å²) in [4.78, 5) is 12.5.